The van der Waals surface area contributed by atoms with Gasteiger partial charge in [-0.2, -0.15) is 4.31 Å². The highest BCUT2D eigenvalue weighted by Crippen LogP contribution is 2.27. The quantitative estimate of drug-likeness (QED) is 0.479. The van der Waals surface area contributed by atoms with Crippen LogP contribution in [0.15, 0.2) is 23.1 Å². The molecule has 0 aliphatic heterocycles. The summed E-state index contributed by atoms with van der Waals surface area (Å²) < 4.78 is 25.7. The highest BCUT2D eigenvalue weighted by Gasteiger charge is 2.27. The van der Waals surface area contributed by atoms with Crippen molar-refractivity contribution >= 4 is 39.1 Å². The summed E-state index contributed by atoms with van der Waals surface area (Å²) in [6.07, 6.45) is 0. The molecule has 0 aliphatic carbocycles. The number of nitrogens with zero attached hydrogens (tertiary/aromatic N) is 1. The van der Waals surface area contributed by atoms with Crippen LogP contribution in [0.1, 0.15) is 6.92 Å². The van der Waals surface area contributed by atoms with Gasteiger partial charge >= 0.3 is 0 Å². The Morgan fingerprint density at radius 1 is 1.42 bits per heavy atom. The third-order valence-corrected chi connectivity index (χ3v) is 4.98. The van der Waals surface area contributed by atoms with Crippen molar-refractivity contribution in [3.8, 4) is 0 Å². The van der Waals surface area contributed by atoms with Crippen molar-refractivity contribution in [2.75, 3.05) is 13.1 Å². The van der Waals surface area contributed by atoms with Gasteiger partial charge in [0.1, 0.15) is 4.90 Å². The molecule has 0 heterocycles. The minimum atomic E-state index is -3.91. The molecule has 9 heteroatoms. The Kier molecular flexibility index (Phi) is 5.57. The predicted molar refractivity (Wildman–Crippen MR) is 73.2 cm³/mol. The number of halogens is 2. The van der Waals surface area contributed by atoms with Gasteiger partial charge in [-0.1, -0.05) is 30.1 Å². The lowest BCUT2D eigenvalue weighted by molar-refractivity contribution is -0.121. The Hall–Kier alpha value is -0.860. The van der Waals surface area contributed by atoms with E-state index in [2.05, 4.69) is 0 Å². The number of nitrogens with two attached hydrogens (primary N) is 1. The SMILES string of the molecule is CCN(CC(=O)NN)S(=O)(=O)c1cc(Cl)ccc1Cl. The van der Waals surface area contributed by atoms with Crippen molar-refractivity contribution in [2.24, 2.45) is 5.84 Å². The zero-order valence-electron chi connectivity index (χ0n) is 10.1. The number of sulfonamides is 1. The summed E-state index contributed by atoms with van der Waals surface area (Å²) in [5, 5.41) is 0.276. The summed E-state index contributed by atoms with van der Waals surface area (Å²) >= 11 is 11.6. The molecule has 0 spiro atoms. The number of likely N-dealkylation sites (N-methyl/N-ethyl adjacent to an activating group) is 1. The molecule has 0 bridgehead atoms. The maximum atomic E-state index is 12.3. The predicted octanol–water partition coefficient (Wildman–Crippen LogP) is 0.994. The maximum absolute atomic E-state index is 12.3. The number of hydrogen-bond acceptors (Lipinski definition) is 4. The summed E-state index contributed by atoms with van der Waals surface area (Å²) in [5.74, 6) is 4.32. The second kappa shape index (κ2) is 6.53. The minimum Gasteiger partial charge on any atom is -0.293 e. The highest BCUT2D eigenvalue weighted by molar-refractivity contribution is 7.89. The zero-order valence-corrected chi connectivity index (χ0v) is 12.4. The fraction of sp³-hybridized carbons (Fsp3) is 0.300. The molecule has 1 amide bonds. The van der Waals surface area contributed by atoms with Crippen molar-refractivity contribution in [3.63, 3.8) is 0 Å². The molecular formula is C10H13Cl2N3O3S. The largest absolute Gasteiger partial charge is 0.293 e. The third kappa shape index (κ3) is 3.80. The summed E-state index contributed by atoms with van der Waals surface area (Å²) in [4.78, 5) is 11.1. The molecule has 0 unspecified atom stereocenters. The molecule has 19 heavy (non-hydrogen) atoms. The average molecular weight is 326 g/mol. The van der Waals surface area contributed by atoms with E-state index >= 15 is 0 Å². The number of nitrogens with one attached hydrogen (secondary N) is 1. The molecular weight excluding hydrogens is 313 g/mol. The van der Waals surface area contributed by atoms with Crippen molar-refractivity contribution < 1.29 is 13.2 Å². The van der Waals surface area contributed by atoms with Crippen LogP contribution >= 0.6 is 23.2 Å². The van der Waals surface area contributed by atoms with Gasteiger partial charge in [0.15, 0.2) is 0 Å². The second-order valence-corrected chi connectivity index (χ2v) is 6.32. The molecule has 0 aliphatic rings. The van der Waals surface area contributed by atoms with Gasteiger partial charge in [0.05, 0.1) is 11.6 Å². The van der Waals surface area contributed by atoms with E-state index in [0.29, 0.717) is 0 Å². The molecule has 0 saturated carbocycles. The van der Waals surface area contributed by atoms with E-state index in [9.17, 15) is 13.2 Å². The Bertz CT molecular complexity index is 577. The first-order valence-electron chi connectivity index (χ1n) is 5.27. The first-order chi connectivity index (χ1) is 8.82. The lowest BCUT2D eigenvalue weighted by Crippen LogP contribution is -2.42. The lowest BCUT2D eigenvalue weighted by Gasteiger charge is -2.20. The van der Waals surface area contributed by atoms with Crippen LogP contribution in [0.25, 0.3) is 0 Å². The van der Waals surface area contributed by atoms with Gasteiger partial charge in [-0.05, 0) is 18.2 Å². The van der Waals surface area contributed by atoms with Gasteiger partial charge < -0.3 is 0 Å². The van der Waals surface area contributed by atoms with Gasteiger partial charge in [0.25, 0.3) is 0 Å². The van der Waals surface area contributed by atoms with Crippen molar-refractivity contribution in [1.82, 2.24) is 9.73 Å². The van der Waals surface area contributed by atoms with Crippen molar-refractivity contribution in [2.45, 2.75) is 11.8 Å². The fourth-order valence-electron chi connectivity index (χ4n) is 1.39. The number of carbonyl (C=O) groups excluding carboxylic acids is 1. The number of rotatable bonds is 5. The van der Waals surface area contributed by atoms with Gasteiger partial charge in [0, 0.05) is 11.6 Å². The van der Waals surface area contributed by atoms with E-state index in [4.69, 9.17) is 29.0 Å². The van der Waals surface area contributed by atoms with Crippen LogP contribution in [0.5, 0.6) is 0 Å². The minimum absolute atomic E-state index is 0.0380. The molecule has 0 atom stereocenters. The number of amides is 1. The van der Waals surface area contributed by atoms with E-state index in [0.717, 1.165) is 4.31 Å². The smallest absolute Gasteiger partial charge is 0.249 e. The maximum Gasteiger partial charge on any atom is 0.249 e. The summed E-state index contributed by atoms with van der Waals surface area (Å²) in [6.45, 7) is 1.30. The number of hydrazine groups is 1. The molecule has 3 N–H and O–H groups in total. The van der Waals surface area contributed by atoms with Crippen LogP contribution in [0.3, 0.4) is 0 Å². The fourth-order valence-corrected chi connectivity index (χ4v) is 3.53. The van der Waals surface area contributed by atoms with Crippen LogP contribution in [0.4, 0.5) is 0 Å². The lowest BCUT2D eigenvalue weighted by atomic mass is 10.4. The Morgan fingerprint density at radius 2 is 2.05 bits per heavy atom. The molecule has 0 radical (unpaired) electrons. The van der Waals surface area contributed by atoms with Gasteiger partial charge in [-0.25, -0.2) is 14.3 Å². The highest BCUT2D eigenvalue weighted by atomic mass is 35.5. The topological polar surface area (TPSA) is 92.5 Å². The second-order valence-electron chi connectivity index (χ2n) is 3.57. The van der Waals surface area contributed by atoms with Crippen molar-refractivity contribution in [3.05, 3.63) is 28.2 Å². The number of carbonyl (C=O) groups is 1. The first-order valence-corrected chi connectivity index (χ1v) is 7.47. The van der Waals surface area contributed by atoms with Crippen LogP contribution in [-0.2, 0) is 14.8 Å². The van der Waals surface area contributed by atoms with Gasteiger partial charge in [-0.15, -0.1) is 0 Å². The van der Waals surface area contributed by atoms with Crippen LogP contribution < -0.4 is 11.3 Å². The zero-order chi connectivity index (χ0) is 14.6. The Balaban J connectivity index is 3.20. The van der Waals surface area contributed by atoms with Crippen LogP contribution in [-0.4, -0.2) is 31.7 Å². The number of benzene rings is 1. The van der Waals surface area contributed by atoms with Gasteiger partial charge in [0.2, 0.25) is 15.9 Å². The molecule has 0 fully saturated rings. The van der Waals surface area contributed by atoms with E-state index in [1.54, 1.807) is 6.92 Å². The van der Waals surface area contributed by atoms with Crippen molar-refractivity contribution in [1.29, 1.82) is 0 Å². The summed E-state index contributed by atoms with van der Waals surface area (Å²) in [7, 11) is -3.91. The molecule has 1 aromatic carbocycles. The molecule has 6 nitrogen and oxygen atoms in total. The third-order valence-electron chi connectivity index (χ3n) is 2.34. The Labute approximate surface area is 121 Å². The summed E-state index contributed by atoms with van der Waals surface area (Å²) in [6, 6.07) is 4.10. The average Bonchev–Trinajstić information content (AvgIpc) is 2.37. The van der Waals surface area contributed by atoms with E-state index < -0.39 is 22.5 Å². The summed E-state index contributed by atoms with van der Waals surface area (Å²) in [5.41, 5.74) is 1.88. The monoisotopic (exact) mass is 325 g/mol. The van der Waals surface area contributed by atoms with Crippen LogP contribution in [0, 0.1) is 0 Å². The standard InChI is InChI=1S/C10H13Cl2N3O3S/c1-2-15(6-10(16)14-13)19(17,18)9-5-7(11)3-4-8(9)12/h3-5H,2,6,13H2,1H3,(H,14,16). The molecule has 1 rings (SSSR count). The molecule has 0 saturated heterocycles. The first kappa shape index (κ1) is 16.2. The van der Waals surface area contributed by atoms with E-state index in [1.165, 1.54) is 18.2 Å². The van der Waals surface area contributed by atoms with Crippen LogP contribution in [0.2, 0.25) is 10.0 Å². The van der Waals surface area contributed by atoms with Gasteiger partial charge in [-0.3, -0.25) is 10.2 Å². The number of hydrogen-bond donors (Lipinski definition) is 2. The Morgan fingerprint density at radius 3 is 2.58 bits per heavy atom. The molecule has 106 valence electrons. The normalized spacial score (nSPS) is 11.6. The van der Waals surface area contributed by atoms with E-state index in [-0.39, 0.29) is 21.5 Å². The molecule has 1 aromatic rings. The van der Waals surface area contributed by atoms with E-state index in [1.807, 2.05) is 5.43 Å². The molecule has 0 aromatic heterocycles.